The smallest absolute Gasteiger partial charge is 0.0475 e. The van der Waals surface area contributed by atoms with Crippen LogP contribution >= 0.6 is 0 Å². The lowest BCUT2D eigenvalue weighted by Crippen LogP contribution is -2.33. The normalized spacial score (nSPS) is 11.4. The molecule has 0 aromatic rings. The van der Waals surface area contributed by atoms with Crippen LogP contribution in [-0.4, -0.2) is 57.7 Å². The summed E-state index contributed by atoms with van der Waals surface area (Å²) in [7, 11) is 8.28. The molecule has 0 aliphatic carbocycles. The third-order valence-electron chi connectivity index (χ3n) is 1.16. The molecular weight excluding hydrogens is 126 g/mol. The van der Waals surface area contributed by atoms with Gasteiger partial charge >= 0.3 is 0 Å². The average Bonchev–Trinajstić information content (AvgIpc) is 1.79. The van der Waals surface area contributed by atoms with Crippen LogP contribution < -0.4 is 5.32 Å². The van der Waals surface area contributed by atoms with Crippen molar-refractivity contribution in [2.75, 3.05) is 47.9 Å². The fourth-order valence-electron chi connectivity index (χ4n) is 0.605. The van der Waals surface area contributed by atoms with E-state index in [9.17, 15) is 0 Å². The number of rotatable bonds is 5. The van der Waals surface area contributed by atoms with E-state index in [-0.39, 0.29) is 0 Å². The minimum atomic E-state index is 0.966. The Bertz CT molecular complexity index is 61.3. The van der Waals surface area contributed by atoms with E-state index in [1.807, 2.05) is 0 Å². The SMILES string of the molecule is CN(C)CCNCN(C)C. The summed E-state index contributed by atoms with van der Waals surface area (Å²) in [6.45, 7) is 3.13. The van der Waals surface area contributed by atoms with Gasteiger partial charge in [-0.1, -0.05) is 0 Å². The van der Waals surface area contributed by atoms with E-state index in [1.165, 1.54) is 0 Å². The Morgan fingerprint density at radius 1 is 1.00 bits per heavy atom. The molecule has 3 heteroatoms. The Labute approximate surface area is 64.0 Å². The zero-order chi connectivity index (χ0) is 7.98. The molecule has 0 rings (SSSR count). The molecule has 0 spiro atoms. The second kappa shape index (κ2) is 5.65. The van der Waals surface area contributed by atoms with Gasteiger partial charge in [-0.15, -0.1) is 0 Å². The first-order chi connectivity index (χ1) is 4.63. The predicted octanol–water partition coefficient (Wildman–Crippen LogP) is -0.343. The van der Waals surface area contributed by atoms with Crippen LogP contribution in [0.2, 0.25) is 0 Å². The maximum absolute atomic E-state index is 3.30. The largest absolute Gasteiger partial charge is 0.308 e. The van der Waals surface area contributed by atoms with Crippen molar-refractivity contribution in [1.82, 2.24) is 15.1 Å². The highest BCUT2D eigenvalue weighted by Gasteiger charge is 1.89. The third kappa shape index (κ3) is 7.88. The van der Waals surface area contributed by atoms with Gasteiger partial charge in [0.25, 0.3) is 0 Å². The van der Waals surface area contributed by atoms with E-state index in [1.54, 1.807) is 0 Å². The summed E-state index contributed by atoms with van der Waals surface area (Å²) in [6.07, 6.45) is 0. The lowest BCUT2D eigenvalue weighted by atomic mass is 10.6. The molecule has 10 heavy (non-hydrogen) atoms. The minimum absolute atomic E-state index is 0.966. The van der Waals surface area contributed by atoms with E-state index in [2.05, 4.69) is 43.3 Å². The average molecular weight is 145 g/mol. The summed E-state index contributed by atoms with van der Waals surface area (Å²) >= 11 is 0. The number of hydrogen-bond donors (Lipinski definition) is 1. The third-order valence-corrected chi connectivity index (χ3v) is 1.16. The van der Waals surface area contributed by atoms with Crippen molar-refractivity contribution in [3.05, 3.63) is 0 Å². The Morgan fingerprint density at radius 2 is 1.60 bits per heavy atom. The van der Waals surface area contributed by atoms with Crippen LogP contribution in [0.5, 0.6) is 0 Å². The molecule has 0 unspecified atom stereocenters. The van der Waals surface area contributed by atoms with Crippen LogP contribution in [0.3, 0.4) is 0 Å². The lowest BCUT2D eigenvalue weighted by molar-refractivity contribution is 0.340. The molecular formula is C7H19N3. The van der Waals surface area contributed by atoms with Gasteiger partial charge in [-0.2, -0.15) is 0 Å². The fraction of sp³-hybridized carbons (Fsp3) is 1.00. The second-order valence-corrected chi connectivity index (χ2v) is 3.04. The molecule has 0 aromatic heterocycles. The van der Waals surface area contributed by atoms with Crippen molar-refractivity contribution >= 4 is 0 Å². The summed E-state index contributed by atoms with van der Waals surface area (Å²) in [4.78, 5) is 4.29. The molecule has 0 saturated carbocycles. The standard InChI is InChI=1S/C7H19N3/c1-9(2)6-5-8-7-10(3)4/h8H,5-7H2,1-4H3. The number of nitrogens with zero attached hydrogens (tertiary/aromatic N) is 2. The van der Waals surface area contributed by atoms with Crippen LogP contribution in [0.15, 0.2) is 0 Å². The molecule has 0 atom stereocenters. The molecule has 62 valence electrons. The zero-order valence-corrected chi connectivity index (χ0v) is 7.52. The molecule has 0 bridgehead atoms. The number of likely N-dealkylation sites (N-methyl/N-ethyl adjacent to an activating group) is 1. The first-order valence-corrected chi connectivity index (χ1v) is 3.63. The van der Waals surface area contributed by atoms with Crippen LogP contribution in [0, 0.1) is 0 Å². The van der Waals surface area contributed by atoms with Gasteiger partial charge in [-0.05, 0) is 28.2 Å². The Balaban J connectivity index is 2.91. The van der Waals surface area contributed by atoms with Gasteiger partial charge < -0.3 is 10.2 Å². The fourth-order valence-corrected chi connectivity index (χ4v) is 0.605. The van der Waals surface area contributed by atoms with Gasteiger partial charge in [-0.25, -0.2) is 0 Å². The van der Waals surface area contributed by atoms with Crippen molar-refractivity contribution < 1.29 is 0 Å². The quantitative estimate of drug-likeness (QED) is 0.422. The summed E-state index contributed by atoms with van der Waals surface area (Å²) in [5, 5.41) is 3.30. The molecule has 0 radical (unpaired) electrons. The van der Waals surface area contributed by atoms with Crippen molar-refractivity contribution in [3.63, 3.8) is 0 Å². The van der Waals surface area contributed by atoms with Gasteiger partial charge in [0.2, 0.25) is 0 Å². The maximum Gasteiger partial charge on any atom is 0.0475 e. The topological polar surface area (TPSA) is 18.5 Å². The Kier molecular flexibility index (Phi) is 5.58. The van der Waals surface area contributed by atoms with Crippen LogP contribution in [-0.2, 0) is 0 Å². The van der Waals surface area contributed by atoms with Gasteiger partial charge in [0.05, 0.1) is 0 Å². The van der Waals surface area contributed by atoms with Gasteiger partial charge in [0.15, 0.2) is 0 Å². The highest BCUT2D eigenvalue weighted by molar-refractivity contribution is 4.48. The summed E-state index contributed by atoms with van der Waals surface area (Å²) in [5.74, 6) is 0. The van der Waals surface area contributed by atoms with E-state index in [0.717, 1.165) is 19.8 Å². The van der Waals surface area contributed by atoms with Crippen molar-refractivity contribution in [1.29, 1.82) is 0 Å². The molecule has 0 heterocycles. The highest BCUT2D eigenvalue weighted by Crippen LogP contribution is 1.71. The first kappa shape index (κ1) is 9.88. The molecule has 0 aliphatic heterocycles. The van der Waals surface area contributed by atoms with Gasteiger partial charge in [0.1, 0.15) is 0 Å². The maximum atomic E-state index is 3.30. The van der Waals surface area contributed by atoms with Crippen molar-refractivity contribution in [2.45, 2.75) is 0 Å². The van der Waals surface area contributed by atoms with E-state index in [4.69, 9.17) is 0 Å². The van der Waals surface area contributed by atoms with Crippen molar-refractivity contribution in [2.24, 2.45) is 0 Å². The molecule has 0 aromatic carbocycles. The molecule has 3 nitrogen and oxygen atoms in total. The van der Waals surface area contributed by atoms with Crippen molar-refractivity contribution in [3.8, 4) is 0 Å². The minimum Gasteiger partial charge on any atom is -0.308 e. The van der Waals surface area contributed by atoms with Crippen LogP contribution in [0.4, 0.5) is 0 Å². The van der Waals surface area contributed by atoms with Crippen LogP contribution in [0.1, 0.15) is 0 Å². The van der Waals surface area contributed by atoms with Crippen LogP contribution in [0.25, 0.3) is 0 Å². The molecule has 1 N–H and O–H groups in total. The van der Waals surface area contributed by atoms with E-state index in [0.29, 0.717) is 0 Å². The predicted molar refractivity (Wildman–Crippen MR) is 45.1 cm³/mol. The summed E-state index contributed by atoms with van der Waals surface area (Å²) in [6, 6.07) is 0. The first-order valence-electron chi connectivity index (χ1n) is 3.63. The Hall–Kier alpha value is -0.120. The highest BCUT2D eigenvalue weighted by atomic mass is 15.2. The van der Waals surface area contributed by atoms with Gasteiger partial charge in [-0.3, -0.25) is 4.90 Å². The summed E-state index contributed by atoms with van der Waals surface area (Å²) in [5.41, 5.74) is 0. The molecule has 0 saturated heterocycles. The van der Waals surface area contributed by atoms with E-state index < -0.39 is 0 Å². The monoisotopic (exact) mass is 145 g/mol. The van der Waals surface area contributed by atoms with E-state index >= 15 is 0 Å². The Morgan fingerprint density at radius 3 is 2.00 bits per heavy atom. The summed E-state index contributed by atoms with van der Waals surface area (Å²) < 4.78 is 0. The number of hydrogen-bond acceptors (Lipinski definition) is 3. The molecule has 0 amide bonds. The number of nitrogens with one attached hydrogen (secondary N) is 1. The lowest BCUT2D eigenvalue weighted by Gasteiger charge is -2.13. The van der Waals surface area contributed by atoms with Gasteiger partial charge in [0, 0.05) is 19.8 Å². The second-order valence-electron chi connectivity index (χ2n) is 3.04. The molecule has 0 fully saturated rings. The zero-order valence-electron chi connectivity index (χ0n) is 7.52. The molecule has 0 aliphatic rings.